The van der Waals surface area contributed by atoms with E-state index >= 15 is 0 Å². The molecule has 22 heavy (non-hydrogen) atoms. The molecule has 0 atom stereocenters. The van der Waals surface area contributed by atoms with Crippen LogP contribution in [-0.2, 0) is 4.74 Å². The number of alkyl carbamates (subject to hydrolysis) is 1. The van der Waals surface area contributed by atoms with Crippen molar-refractivity contribution in [2.45, 2.75) is 33.1 Å². The number of hydrogen-bond donors (Lipinski definition) is 2. The van der Waals surface area contributed by atoms with Crippen molar-refractivity contribution < 1.29 is 14.6 Å². The number of nitrogens with one attached hydrogen (secondary N) is 1. The zero-order valence-electron chi connectivity index (χ0n) is 13.2. The lowest BCUT2D eigenvalue weighted by atomic mass is 9.96. The van der Waals surface area contributed by atoms with E-state index in [-0.39, 0.29) is 12.4 Å². The zero-order valence-corrected chi connectivity index (χ0v) is 13.2. The van der Waals surface area contributed by atoms with Crippen LogP contribution in [0.15, 0.2) is 24.3 Å². The summed E-state index contributed by atoms with van der Waals surface area (Å²) in [4.78, 5) is 11.4. The lowest BCUT2D eigenvalue weighted by Gasteiger charge is -2.12. The second kappa shape index (κ2) is 9.51. The van der Waals surface area contributed by atoms with Gasteiger partial charge in [0.15, 0.2) is 6.61 Å². The molecule has 0 aliphatic carbocycles. The molecule has 0 aliphatic rings. The monoisotopic (exact) mass is 301 g/mol. The predicted molar refractivity (Wildman–Crippen MR) is 88.5 cm³/mol. The van der Waals surface area contributed by atoms with E-state index in [9.17, 15) is 9.90 Å². The van der Waals surface area contributed by atoms with E-state index in [0.717, 1.165) is 29.5 Å². The fourth-order valence-electron chi connectivity index (χ4n) is 2.08. The molecule has 2 N–H and O–H groups in total. The molecule has 0 heterocycles. The van der Waals surface area contributed by atoms with Gasteiger partial charge in [0, 0.05) is 6.54 Å². The Morgan fingerprint density at radius 2 is 2.27 bits per heavy atom. The maximum Gasteiger partial charge on any atom is 0.408 e. The third kappa shape index (κ3) is 5.92. The van der Waals surface area contributed by atoms with Crippen LogP contribution in [0.2, 0.25) is 0 Å². The van der Waals surface area contributed by atoms with Gasteiger partial charge in [0.2, 0.25) is 0 Å². The highest BCUT2D eigenvalue weighted by atomic mass is 16.5. The maximum atomic E-state index is 11.4. The minimum Gasteiger partial charge on any atom is -0.508 e. The fourth-order valence-corrected chi connectivity index (χ4v) is 2.08. The average Bonchev–Trinajstić information content (AvgIpc) is 2.51. The van der Waals surface area contributed by atoms with Gasteiger partial charge >= 0.3 is 6.09 Å². The Hall–Kier alpha value is -2.41. The summed E-state index contributed by atoms with van der Waals surface area (Å²) < 4.78 is 4.76. The minimum absolute atomic E-state index is 0.0317. The Labute approximate surface area is 132 Å². The van der Waals surface area contributed by atoms with Crippen molar-refractivity contribution in [3.8, 4) is 18.1 Å². The molecule has 0 bridgehead atoms. The van der Waals surface area contributed by atoms with Crippen molar-refractivity contribution in [1.29, 1.82) is 0 Å². The molecule has 0 radical (unpaired) electrons. The van der Waals surface area contributed by atoms with Gasteiger partial charge in [0.05, 0.1) is 0 Å². The number of ether oxygens (including phenoxy) is 1. The Morgan fingerprint density at radius 3 is 2.95 bits per heavy atom. The first-order valence-corrected chi connectivity index (χ1v) is 7.41. The van der Waals surface area contributed by atoms with Crippen LogP contribution < -0.4 is 5.32 Å². The largest absolute Gasteiger partial charge is 0.508 e. The van der Waals surface area contributed by atoms with E-state index in [2.05, 4.69) is 24.2 Å². The molecule has 4 nitrogen and oxygen atoms in total. The van der Waals surface area contributed by atoms with Crippen LogP contribution in [0.3, 0.4) is 0 Å². The summed E-state index contributed by atoms with van der Waals surface area (Å²) >= 11 is 0. The van der Waals surface area contributed by atoms with Crippen molar-refractivity contribution in [2.75, 3.05) is 13.2 Å². The molecule has 4 heteroatoms. The van der Waals surface area contributed by atoms with Gasteiger partial charge in [-0.3, -0.25) is 0 Å². The molecular weight excluding hydrogens is 278 g/mol. The van der Waals surface area contributed by atoms with Gasteiger partial charge in [0.1, 0.15) is 5.75 Å². The number of amides is 1. The molecule has 0 saturated carbocycles. The van der Waals surface area contributed by atoms with Crippen molar-refractivity contribution in [3.63, 3.8) is 0 Å². The van der Waals surface area contributed by atoms with Gasteiger partial charge in [-0.2, -0.15) is 0 Å². The second-order valence-electron chi connectivity index (χ2n) is 4.97. The number of carbonyl (C=O) groups is 1. The summed E-state index contributed by atoms with van der Waals surface area (Å²) in [6.45, 7) is 4.53. The van der Waals surface area contributed by atoms with Gasteiger partial charge in [-0.05, 0) is 48.6 Å². The first-order valence-electron chi connectivity index (χ1n) is 7.41. The third-order valence-corrected chi connectivity index (χ3v) is 3.20. The van der Waals surface area contributed by atoms with Crippen LogP contribution in [0.5, 0.6) is 5.75 Å². The van der Waals surface area contributed by atoms with Gasteiger partial charge in [-0.1, -0.05) is 31.4 Å². The van der Waals surface area contributed by atoms with E-state index in [1.54, 1.807) is 12.1 Å². The molecule has 1 rings (SSSR count). The number of terminal acetylenes is 1. The highest BCUT2D eigenvalue weighted by Gasteiger charge is 2.08. The Balaban J connectivity index is 2.72. The number of unbranched alkanes of at least 4 members (excludes halogenated alkanes) is 1. The minimum atomic E-state index is -0.513. The van der Waals surface area contributed by atoms with Crippen molar-refractivity contribution in [1.82, 2.24) is 5.32 Å². The molecule has 0 saturated heterocycles. The molecule has 0 spiro atoms. The number of phenols is 1. The molecule has 1 aromatic rings. The Kier molecular flexibility index (Phi) is 7.63. The molecule has 1 aromatic carbocycles. The molecule has 0 unspecified atom stereocenters. The number of hydrogen-bond acceptors (Lipinski definition) is 3. The van der Waals surface area contributed by atoms with Gasteiger partial charge < -0.3 is 15.2 Å². The number of aromatic hydroxyl groups is 1. The van der Waals surface area contributed by atoms with E-state index < -0.39 is 6.09 Å². The highest BCUT2D eigenvalue weighted by Crippen LogP contribution is 2.26. The van der Waals surface area contributed by atoms with E-state index in [1.165, 1.54) is 0 Å². The van der Waals surface area contributed by atoms with Crippen LogP contribution in [-0.4, -0.2) is 24.4 Å². The van der Waals surface area contributed by atoms with Gasteiger partial charge in [-0.15, -0.1) is 6.42 Å². The first kappa shape index (κ1) is 17.6. The predicted octanol–water partition coefficient (Wildman–Crippen LogP) is 3.63. The van der Waals surface area contributed by atoms with Gasteiger partial charge in [-0.25, -0.2) is 4.79 Å². The summed E-state index contributed by atoms with van der Waals surface area (Å²) in [5.74, 6) is 2.48. The average molecular weight is 301 g/mol. The molecule has 1 amide bonds. The summed E-state index contributed by atoms with van der Waals surface area (Å²) in [5, 5.41) is 12.4. The van der Waals surface area contributed by atoms with E-state index in [0.29, 0.717) is 13.0 Å². The van der Waals surface area contributed by atoms with Crippen LogP contribution in [0.1, 0.15) is 37.3 Å². The fraction of sp³-hybridized carbons (Fsp3) is 0.389. The Bertz CT molecular complexity index is 570. The number of benzene rings is 1. The van der Waals surface area contributed by atoms with Crippen LogP contribution in [0.25, 0.3) is 5.57 Å². The van der Waals surface area contributed by atoms with Crippen LogP contribution in [0.4, 0.5) is 4.79 Å². The smallest absolute Gasteiger partial charge is 0.408 e. The molecule has 0 aliphatic heterocycles. The second-order valence-corrected chi connectivity index (χ2v) is 4.97. The quantitative estimate of drug-likeness (QED) is 0.756. The lowest BCUT2D eigenvalue weighted by molar-refractivity contribution is 0.160. The molecule has 0 fully saturated rings. The third-order valence-electron chi connectivity index (χ3n) is 3.20. The maximum absolute atomic E-state index is 11.4. The number of allylic oxidation sites excluding steroid dienone is 1. The summed E-state index contributed by atoms with van der Waals surface area (Å²) in [6.07, 6.45) is 9.32. The van der Waals surface area contributed by atoms with Crippen molar-refractivity contribution >= 4 is 11.7 Å². The molecule has 118 valence electrons. The lowest BCUT2D eigenvalue weighted by Crippen LogP contribution is -2.25. The van der Waals surface area contributed by atoms with Crippen LogP contribution in [0, 0.1) is 19.3 Å². The summed E-state index contributed by atoms with van der Waals surface area (Å²) in [7, 11) is 0. The number of aryl methyl sites for hydroxylation is 1. The van der Waals surface area contributed by atoms with Gasteiger partial charge in [0.25, 0.3) is 0 Å². The number of carbonyl (C=O) groups excluding carboxylic acids is 1. The van der Waals surface area contributed by atoms with Crippen molar-refractivity contribution in [2.24, 2.45) is 0 Å². The topological polar surface area (TPSA) is 58.6 Å². The van der Waals surface area contributed by atoms with E-state index in [4.69, 9.17) is 11.2 Å². The molecule has 0 aromatic heterocycles. The summed E-state index contributed by atoms with van der Waals surface area (Å²) in [6, 6.07) is 5.32. The van der Waals surface area contributed by atoms with E-state index in [1.807, 2.05) is 13.0 Å². The SMILES string of the molecule is C#CCOC(=O)NCC/C(=C/CCC)c1cc(O)ccc1C. The highest BCUT2D eigenvalue weighted by molar-refractivity contribution is 5.71. The van der Waals surface area contributed by atoms with Crippen molar-refractivity contribution in [3.05, 3.63) is 35.4 Å². The van der Waals surface area contributed by atoms with Crippen LogP contribution >= 0.6 is 0 Å². The normalized spacial score (nSPS) is 10.9. The molecular formula is C18H23NO3. The zero-order chi connectivity index (χ0) is 16.4. The first-order chi connectivity index (χ1) is 10.6. The standard InChI is InChI=1S/C18H23NO3/c1-4-6-7-15(10-11-19-18(21)22-12-5-2)17-13-16(20)9-8-14(17)3/h2,7-9,13,20H,4,6,10-12H2,1,3H3,(H,19,21)/b15-7-. The summed E-state index contributed by atoms with van der Waals surface area (Å²) in [5.41, 5.74) is 3.20. The number of phenolic OH excluding ortho intramolecular Hbond substituents is 1. The Morgan fingerprint density at radius 1 is 1.50 bits per heavy atom. The number of rotatable bonds is 7.